The molecule has 92 valence electrons. The molecule has 1 aliphatic carbocycles. The van der Waals surface area contributed by atoms with Crippen LogP contribution in [0.4, 0.5) is 0 Å². The van der Waals surface area contributed by atoms with Gasteiger partial charge < -0.3 is 5.73 Å². The van der Waals surface area contributed by atoms with E-state index in [9.17, 15) is 0 Å². The molecule has 0 amide bonds. The quantitative estimate of drug-likeness (QED) is 0.630. The molecule has 0 saturated heterocycles. The second kappa shape index (κ2) is 4.87. The minimum atomic E-state index is -0.0756. The molecule has 0 atom stereocenters. The number of hydrogen-bond donors (Lipinski definition) is 2. The molecular weight excluding hydrogens is 255 g/mol. The summed E-state index contributed by atoms with van der Waals surface area (Å²) in [4.78, 5) is 0. The van der Waals surface area contributed by atoms with E-state index < -0.39 is 0 Å². The summed E-state index contributed by atoms with van der Waals surface area (Å²) in [7, 11) is 0. The lowest BCUT2D eigenvalue weighted by atomic mass is 9.76. The Balaban J connectivity index is 2.45. The SMILES string of the molecule is N=C(N)CC1(c2cc(Cl)ccc2Cl)CCCC1. The summed E-state index contributed by atoms with van der Waals surface area (Å²) < 4.78 is 0. The molecule has 0 heterocycles. The monoisotopic (exact) mass is 270 g/mol. The molecule has 0 aromatic heterocycles. The van der Waals surface area contributed by atoms with Gasteiger partial charge in [-0.25, -0.2) is 0 Å². The van der Waals surface area contributed by atoms with Crippen molar-refractivity contribution in [3.05, 3.63) is 33.8 Å². The Morgan fingerprint density at radius 1 is 1.29 bits per heavy atom. The Kier molecular flexibility index (Phi) is 3.64. The van der Waals surface area contributed by atoms with E-state index in [4.69, 9.17) is 34.3 Å². The Hall–Kier alpha value is -0.730. The first kappa shape index (κ1) is 12.7. The largest absolute Gasteiger partial charge is 0.388 e. The standard InChI is InChI=1S/C13H16Cl2N2/c14-9-3-4-11(15)10(7-9)13(8-12(16)17)5-1-2-6-13/h3-4,7H,1-2,5-6,8H2,(H3,16,17). The van der Waals surface area contributed by atoms with Crippen molar-refractivity contribution in [3.63, 3.8) is 0 Å². The molecule has 1 aromatic rings. The van der Waals surface area contributed by atoms with Gasteiger partial charge in [-0.3, -0.25) is 5.41 Å². The third-order valence-corrected chi connectivity index (χ3v) is 4.15. The van der Waals surface area contributed by atoms with E-state index in [1.807, 2.05) is 12.1 Å². The van der Waals surface area contributed by atoms with E-state index in [0.717, 1.165) is 36.3 Å². The van der Waals surface area contributed by atoms with Crippen LogP contribution in [0.25, 0.3) is 0 Å². The van der Waals surface area contributed by atoms with Crippen molar-refractivity contribution in [3.8, 4) is 0 Å². The summed E-state index contributed by atoms with van der Waals surface area (Å²) in [6, 6.07) is 5.56. The van der Waals surface area contributed by atoms with Gasteiger partial charge in [-0.2, -0.15) is 0 Å². The van der Waals surface area contributed by atoms with Crippen LogP contribution in [-0.2, 0) is 5.41 Å². The zero-order valence-electron chi connectivity index (χ0n) is 9.60. The second-order valence-electron chi connectivity index (χ2n) is 4.81. The highest BCUT2D eigenvalue weighted by molar-refractivity contribution is 6.33. The van der Waals surface area contributed by atoms with E-state index in [1.54, 1.807) is 6.07 Å². The number of rotatable bonds is 3. The van der Waals surface area contributed by atoms with Gasteiger partial charge in [-0.15, -0.1) is 0 Å². The number of hydrogen-bond acceptors (Lipinski definition) is 1. The first-order valence-corrected chi connectivity index (χ1v) is 6.57. The van der Waals surface area contributed by atoms with Gasteiger partial charge >= 0.3 is 0 Å². The van der Waals surface area contributed by atoms with Gasteiger partial charge in [0.2, 0.25) is 0 Å². The Morgan fingerprint density at radius 2 is 1.94 bits per heavy atom. The van der Waals surface area contributed by atoms with Crippen LogP contribution in [0.1, 0.15) is 37.7 Å². The summed E-state index contributed by atoms with van der Waals surface area (Å²) in [5.74, 6) is 0.225. The minimum absolute atomic E-state index is 0.0756. The van der Waals surface area contributed by atoms with Crippen molar-refractivity contribution in [1.82, 2.24) is 0 Å². The number of halogens is 2. The lowest BCUT2D eigenvalue weighted by molar-refractivity contribution is 0.457. The Labute approximate surface area is 112 Å². The van der Waals surface area contributed by atoms with Gasteiger partial charge in [0.25, 0.3) is 0 Å². The lowest BCUT2D eigenvalue weighted by Gasteiger charge is -2.30. The lowest BCUT2D eigenvalue weighted by Crippen LogP contribution is -2.29. The number of benzene rings is 1. The molecule has 2 rings (SSSR count). The van der Waals surface area contributed by atoms with Gasteiger partial charge in [0.05, 0.1) is 5.84 Å². The van der Waals surface area contributed by atoms with Gasteiger partial charge in [-0.05, 0) is 36.6 Å². The van der Waals surface area contributed by atoms with Gasteiger partial charge in [0, 0.05) is 21.9 Å². The molecule has 0 unspecified atom stereocenters. The minimum Gasteiger partial charge on any atom is -0.388 e. The predicted octanol–water partition coefficient (Wildman–Crippen LogP) is 4.13. The maximum absolute atomic E-state index is 7.56. The molecule has 0 aliphatic heterocycles. The summed E-state index contributed by atoms with van der Waals surface area (Å²) in [5, 5.41) is 8.99. The summed E-state index contributed by atoms with van der Waals surface area (Å²) in [5.41, 5.74) is 6.57. The zero-order valence-corrected chi connectivity index (χ0v) is 11.1. The maximum atomic E-state index is 7.56. The van der Waals surface area contributed by atoms with E-state index in [2.05, 4.69) is 0 Å². The third-order valence-electron chi connectivity index (χ3n) is 3.59. The first-order chi connectivity index (χ1) is 8.03. The van der Waals surface area contributed by atoms with Crippen LogP contribution in [0.3, 0.4) is 0 Å². The zero-order chi connectivity index (χ0) is 12.5. The van der Waals surface area contributed by atoms with Crippen LogP contribution in [0, 0.1) is 5.41 Å². The summed E-state index contributed by atoms with van der Waals surface area (Å²) >= 11 is 12.3. The van der Waals surface area contributed by atoms with Gasteiger partial charge in [-0.1, -0.05) is 36.0 Å². The molecule has 2 nitrogen and oxygen atoms in total. The van der Waals surface area contributed by atoms with Crippen LogP contribution in [0.2, 0.25) is 10.0 Å². The van der Waals surface area contributed by atoms with Crippen LogP contribution >= 0.6 is 23.2 Å². The molecule has 1 aliphatic rings. The molecule has 3 N–H and O–H groups in total. The molecule has 1 fully saturated rings. The normalized spacial score (nSPS) is 18.2. The fourth-order valence-corrected chi connectivity index (χ4v) is 3.35. The third kappa shape index (κ3) is 2.58. The van der Waals surface area contributed by atoms with Crippen molar-refractivity contribution in [1.29, 1.82) is 5.41 Å². The molecule has 0 spiro atoms. The maximum Gasteiger partial charge on any atom is 0.0914 e. The van der Waals surface area contributed by atoms with Crippen LogP contribution in [0.5, 0.6) is 0 Å². The molecule has 0 radical (unpaired) electrons. The number of nitrogens with one attached hydrogen (secondary N) is 1. The van der Waals surface area contributed by atoms with Gasteiger partial charge in [0.1, 0.15) is 0 Å². The topological polar surface area (TPSA) is 49.9 Å². The molecular formula is C13H16Cl2N2. The van der Waals surface area contributed by atoms with E-state index in [0.29, 0.717) is 11.4 Å². The van der Waals surface area contributed by atoms with Crippen LogP contribution in [0.15, 0.2) is 18.2 Å². The summed E-state index contributed by atoms with van der Waals surface area (Å²) in [6.07, 6.45) is 4.97. The van der Waals surface area contributed by atoms with Crippen molar-refractivity contribution in [2.24, 2.45) is 5.73 Å². The Bertz CT molecular complexity index is 437. The van der Waals surface area contributed by atoms with Crippen LogP contribution in [-0.4, -0.2) is 5.84 Å². The smallest absolute Gasteiger partial charge is 0.0914 e. The average Bonchev–Trinajstić information content (AvgIpc) is 2.70. The molecule has 1 saturated carbocycles. The van der Waals surface area contributed by atoms with Crippen molar-refractivity contribution in [2.45, 2.75) is 37.5 Å². The van der Waals surface area contributed by atoms with Crippen LogP contribution < -0.4 is 5.73 Å². The van der Waals surface area contributed by atoms with E-state index >= 15 is 0 Å². The molecule has 17 heavy (non-hydrogen) atoms. The van der Waals surface area contributed by atoms with E-state index in [-0.39, 0.29) is 11.3 Å². The number of nitrogens with two attached hydrogens (primary N) is 1. The first-order valence-electron chi connectivity index (χ1n) is 5.82. The average molecular weight is 271 g/mol. The highest BCUT2D eigenvalue weighted by Gasteiger charge is 2.37. The number of amidine groups is 1. The highest BCUT2D eigenvalue weighted by atomic mass is 35.5. The Morgan fingerprint density at radius 3 is 2.53 bits per heavy atom. The predicted molar refractivity (Wildman–Crippen MR) is 73.1 cm³/mol. The molecule has 0 bridgehead atoms. The fourth-order valence-electron chi connectivity index (χ4n) is 2.86. The molecule has 1 aromatic carbocycles. The molecule has 4 heteroatoms. The fraction of sp³-hybridized carbons (Fsp3) is 0.462. The summed E-state index contributed by atoms with van der Waals surface area (Å²) in [6.45, 7) is 0. The second-order valence-corrected chi connectivity index (χ2v) is 5.66. The highest BCUT2D eigenvalue weighted by Crippen LogP contribution is 2.46. The van der Waals surface area contributed by atoms with Crippen molar-refractivity contribution < 1.29 is 0 Å². The van der Waals surface area contributed by atoms with Gasteiger partial charge in [0.15, 0.2) is 0 Å². The van der Waals surface area contributed by atoms with E-state index in [1.165, 1.54) is 0 Å². The van der Waals surface area contributed by atoms with Crippen molar-refractivity contribution >= 4 is 29.0 Å². The van der Waals surface area contributed by atoms with Crippen molar-refractivity contribution in [2.75, 3.05) is 0 Å².